The molecule has 1 amide bonds. The topological polar surface area (TPSA) is 64.0 Å². The largest absolute Gasteiger partial charge is 0.325 e. The average Bonchev–Trinajstić information content (AvgIpc) is 2.67. The van der Waals surface area contributed by atoms with E-state index in [9.17, 15) is 9.59 Å². The smallest absolute Gasteiger partial charge is 0.262 e. The van der Waals surface area contributed by atoms with Crippen molar-refractivity contribution >= 4 is 34.3 Å². The Labute approximate surface area is 169 Å². The summed E-state index contributed by atoms with van der Waals surface area (Å²) in [5.41, 5.74) is 2.44. The number of nitrogens with one attached hydrogen (secondary N) is 1. The van der Waals surface area contributed by atoms with E-state index in [1.54, 1.807) is 10.6 Å². The third-order valence-electron chi connectivity index (χ3n) is 4.74. The summed E-state index contributed by atoms with van der Waals surface area (Å²) >= 11 is 1.31. The molecule has 0 spiro atoms. The molecule has 0 fully saturated rings. The Morgan fingerprint density at radius 1 is 1.18 bits per heavy atom. The van der Waals surface area contributed by atoms with Gasteiger partial charge in [-0.1, -0.05) is 43.0 Å². The van der Waals surface area contributed by atoms with Gasteiger partial charge in [0.25, 0.3) is 5.56 Å². The zero-order valence-corrected chi connectivity index (χ0v) is 17.4. The molecule has 0 unspecified atom stereocenters. The number of anilines is 1. The third kappa shape index (κ3) is 4.28. The molecule has 0 radical (unpaired) electrons. The summed E-state index contributed by atoms with van der Waals surface area (Å²) in [4.78, 5) is 30.4. The quantitative estimate of drug-likeness (QED) is 0.481. The number of hydrogen-bond donors (Lipinski definition) is 1. The van der Waals surface area contributed by atoms with Crippen molar-refractivity contribution < 1.29 is 4.79 Å². The molecule has 146 valence electrons. The molecule has 0 bridgehead atoms. The van der Waals surface area contributed by atoms with Crippen LogP contribution < -0.4 is 10.9 Å². The Morgan fingerprint density at radius 3 is 2.64 bits per heavy atom. The lowest BCUT2D eigenvalue weighted by atomic mass is 10.2. The summed E-state index contributed by atoms with van der Waals surface area (Å²) in [5.74, 6) is -0.117. The first-order valence-electron chi connectivity index (χ1n) is 9.46. The second-order valence-electron chi connectivity index (χ2n) is 6.96. The summed E-state index contributed by atoms with van der Waals surface area (Å²) < 4.78 is 1.71. The lowest BCUT2D eigenvalue weighted by Crippen LogP contribution is -2.28. The van der Waals surface area contributed by atoms with Crippen molar-refractivity contribution in [3.8, 4) is 0 Å². The standard InChI is InChI=1S/C22H25N3O2S/c1-5-15(3)25-21(27)18-11-6-7-12-19(18)24-22(25)28-16(4)20(26)23-17-10-8-9-14(2)13-17/h6-13,15-16H,5H2,1-4H3,(H,23,26)/t15-,16+/m1/s1. The highest BCUT2D eigenvalue weighted by Crippen LogP contribution is 2.26. The van der Waals surface area contributed by atoms with Crippen LogP contribution in [0, 0.1) is 6.92 Å². The van der Waals surface area contributed by atoms with Crippen LogP contribution in [0.2, 0.25) is 0 Å². The highest BCUT2D eigenvalue weighted by atomic mass is 32.2. The number of aromatic nitrogens is 2. The van der Waals surface area contributed by atoms with Gasteiger partial charge in [0.15, 0.2) is 5.16 Å². The van der Waals surface area contributed by atoms with Gasteiger partial charge in [-0.3, -0.25) is 14.2 Å². The van der Waals surface area contributed by atoms with Gasteiger partial charge in [-0.25, -0.2) is 4.98 Å². The molecule has 5 nitrogen and oxygen atoms in total. The first kappa shape index (κ1) is 20.1. The third-order valence-corrected chi connectivity index (χ3v) is 5.81. The Hall–Kier alpha value is -2.60. The minimum atomic E-state index is -0.399. The number of rotatable bonds is 6. The molecule has 0 saturated carbocycles. The van der Waals surface area contributed by atoms with E-state index in [2.05, 4.69) is 5.32 Å². The van der Waals surface area contributed by atoms with E-state index in [1.807, 2.05) is 70.2 Å². The van der Waals surface area contributed by atoms with E-state index < -0.39 is 5.25 Å². The van der Waals surface area contributed by atoms with Crippen LogP contribution in [0.3, 0.4) is 0 Å². The second kappa shape index (κ2) is 8.61. The van der Waals surface area contributed by atoms with Crippen molar-refractivity contribution in [2.45, 2.75) is 50.6 Å². The van der Waals surface area contributed by atoms with Gasteiger partial charge in [-0.15, -0.1) is 0 Å². The maximum atomic E-state index is 13.0. The first-order chi connectivity index (χ1) is 13.4. The number of carbonyl (C=O) groups is 1. The number of aryl methyl sites for hydroxylation is 1. The lowest BCUT2D eigenvalue weighted by Gasteiger charge is -2.20. The molecule has 3 aromatic rings. The lowest BCUT2D eigenvalue weighted by molar-refractivity contribution is -0.115. The molecule has 1 N–H and O–H groups in total. The van der Waals surface area contributed by atoms with E-state index in [1.165, 1.54) is 11.8 Å². The highest BCUT2D eigenvalue weighted by Gasteiger charge is 2.21. The number of fused-ring (bicyclic) bond motifs is 1. The number of benzene rings is 2. The van der Waals surface area contributed by atoms with Crippen LogP contribution in [0.1, 0.15) is 38.8 Å². The highest BCUT2D eigenvalue weighted by molar-refractivity contribution is 8.00. The number of hydrogen-bond acceptors (Lipinski definition) is 4. The van der Waals surface area contributed by atoms with Gasteiger partial charge in [0.05, 0.1) is 16.2 Å². The molecule has 2 atom stereocenters. The van der Waals surface area contributed by atoms with Crippen molar-refractivity contribution in [3.63, 3.8) is 0 Å². The SMILES string of the molecule is CC[C@@H](C)n1c(S[C@@H](C)C(=O)Nc2cccc(C)c2)nc2ccccc2c1=O. The van der Waals surface area contributed by atoms with Gasteiger partial charge in [0.2, 0.25) is 5.91 Å². The van der Waals surface area contributed by atoms with Crippen LogP contribution in [0.25, 0.3) is 10.9 Å². The Bertz CT molecular complexity index is 1060. The van der Waals surface area contributed by atoms with Crippen LogP contribution in [-0.2, 0) is 4.79 Å². The Morgan fingerprint density at radius 2 is 1.93 bits per heavy atom. The van der Waals surface area contributed by atoms with Gasteiger partial charge in [-0.05, 0) is 57.0 Å². The van der Waals surface area contributed by atoms with Crippen LogP contribution in [-0.4, -0.2) is 20.7 Å². The van der Waals surface area contributed by atoms with Gasteiger partial charge in [0.1, 0.15) is 0 Å². The Kier molecular flexibility index (Phi) is 6.19. The van der Waals surface area contributed by atoms with Gasteiger partial charge >= 0.3 is 0 Å². The van der Waals surface area contributed by atoms with E-state index in [-0.39, 0.29) is 17.5 Å². The minimum absolute atomic E-state index is 0.000796. The van der Waals surface area contributed by atoms with Crippen LogP contribution >= 0.6 is 11.8 Å². The van der Waals surface area contributed by atoms with Crippen LogP contribution in [0.15, 0.2) is 58.5 Å². The van der Waals surface area contributed by atoms with Crippen molar-refractivity contribution in [1.82, 2.24) is 9.55 Å². The van der Waals surface area contributed by atoms with Gasteiger partial charge in [0, 0.05) is 11.7 Å². The molecule has 0 aliphatic heterocycles. The zero-order chi connectivity index (χ0) is 20.3. The molecule has 0 aliphatic rings. The monoisotopic (exact) mass is 395 g/mol. The molecule has 28 heavy (non-hydrogen) atoms. The minimum Gasteiger partial charge on any atom is -0.325 e. The molecule has 3 rings (SSSR count). The normalized spacial score (nSPS) is 13.3. The molecule has 2 aromatic carbocycles. The molecule has 6 heteroatoms. The van der Waals surface area contributed by atoms with Crippen LogP contribution in [0.4, 0.5) is 5.69 Å². The van der Waals surface area contributed by atoms with Gasteiger partial charge in [-0.2, -0.15) is 0 Å². The summed E-state index contributed by atoms with van der Waals surface area (Å²) in [5, 5.41) is 3.72. The predicted octanol–water partition coefficient (Wildman–Crippen LogP) is 4.80. The molecular weight excluding hydrogens is 370 g/mol. The van der Waals surface area contributed by atoms with E-state index in [4.69, 9.17) is 4.98 Å². The van der Waals surface area contributed by atoms with E-state index in [0.717, 1.165) is 17.7 Å². The number of carbonyl (C=O) groups excluding carboxylic acids is 1. The van der Waals surface area contributed by atoms with Crippen molar-refractivity contribution in [2.75, 3.05) is 5.32 Å². The fourth-order valence-electron chi connectivity index (χ4n) is 2.96. The van der Waals surface area contributed by atoms with Crippen LogP contribution in [0.5, 0.6) is 0 Å². The van der Waals surface area contributed by atoms with Crippen molar-refractivity contribution in [3.05, 3.63) is 64.4 Å². The van der Waals surface area contributed by atoms with Crippen molar-refractivity contribution in [2.24, 2.45) is 0 Å². The maximum Gasteiger partial charge on any atom is 0.262 e. The number of amides is 1. The summed E-state index contributed by atoms with van der Waals surface area (Å²) in [7, 11) is 0. The van der Waals surface area contributed by atoms with Gasteiger partial charge < -0.3 is 5.32 Å². The first-order valence-corrected chi connectivity index (χ1v) is 10.3. The summed E-state index contributed by atoms with van der Waals surface area (Å²) in [6, 6.07) is 15.0. The number of para-hydroxylation sites is 1. The maximum absolute atomic E-state index is 13.0. The number of nitrogens with zero attached hydrogens (tertiary/aromatic N) is 2. The van der Waals surface area contributed by atoms with E-state index >= 15 is 0 Å². The molecule has 1 aromatic heterocycles. The number of thioether (sulfide) groups is 1. The predicted molar refractivity (Wildman–Crippen MR) is 116 cm³/mol. The molecular formula is C22H25N3O2S. The average molecular weight is 396 g/mol. The molecule has 0 saturated heterocycles. The zero-order valence-electron chi connectivity index (χ0n) is 16.6. The molecule has 1 heterocycles. The summed E-state index contributed by atoms with van der Waals surface area (Å²) in [6.07, 6.45) is 0.803. The fraction of sp³-hybridized carbons (Fsp3) is 0.318. The summed E-state index contributed by atoms with van der Waals surface area (Å²) in [6.45, 7) is 7.85. The van der Waals surface area contributed by atoms with Crippen molar-refractivity contribution in [1.29, 1.82) is 0 Å². The second-order valence-corrected chi connectivity index (χ2v) is 8.27. The molecule has 0 aliphatic carbocycles. The Balaban J connectivity index is 1.91. The fourth-order valence-corrected chi connectivity index (χ4v) is 3.97. The van der Waals surface area contributed by atoms with E-state index in [0.29, 0.717) is 16.1 Å².